The van der Waals surface area contributed by atoms with Crippen LogP contribution in [-0.4, -0.2) is 12.6 Å². The lowest BCUT2D eigenvalue weighted by molar-refractivity contribution is -0.149. The molecule has 3 nitrogen and oxygen atoms in total. The predicted octanol–water partition coefficient (Wildman–Crippen LogP) is 5.71. The summed E-state index contributed by atoms with van der Waals surface area (Å²) in [6.07, 6.45) is 0. The highest BCUT2D eigenvalue weighted by atomic mass is 16.6. The maximum Gasteiger partial charge on any atom is 0.304 e. The van der Waals surface area contributed by atoms with Crippen molar-refractivity contribution in [2.75, 3.05) is 6.61 Å². The normalized spacial score (nSPS) is 12.9. The van der Waals surface area contributed by atoms with Crippen molar-refractivity contribution in [1.29, 1.82) is 0 Å². The van der Waals surface area contributed by atoms with E-state index in [1.807, 2.05) is 78.9 Å². The van der Waals surface area contributed by atoms with Crippen molar-refractivity contribution < 1.29 is 14.3 Å². The highest BCUT2D eigenvalue weighted by Crippen LogP contribution is 2.49. The molecular formula is C28H20O3. The van der Waals surface area contributed by atoms with E-state index >= 15 is 0 Å². The van der Waals surface area contributed by atoms with Gasteiger partial charge >= 0.3 is 5.97 Å². The van der Waals surface area contributed by atoms with Crippen LogP contribution in [0.1, 0.15) is 18.1 Å². The van der Waals surface area contributed by atoms with Crippen molar-refractivity contribution in [2.45, 2.75) is 12.5 Å². The third-order valence-electron chi connectivity index (χ3n) is 5.51. The van der Waals surface area contributed by atoms with Gasteiger partial charge in [-0.3, -0.25) is 4.79 Å². The van der Waals surface area contributed by atoms with Crippen LogP contribution < -0.4 is 4.74 Å². The van der Waals surface area contributed by atoms with Gasteiger partial charge < -0.3 is 9.47 Å². The molecule has 3 heteroatoms. The first kappa shape index (κ1) is 19.0. The summed E-state index contributed by atoms with van der Waals surface area (Å²) in [6, 6.07) is 29.9. The fourth-order valence-corrected chi connectivity index (χ4v) is 4.28. The zero-order valence-electron chi connectivity index (χ0n) is 17.1. The number of fused-ring (bicyclic) bond motifs is 4. The Balaban J connectivity index is 1.53. The van der Waals surface area contributed by atoms with Crippen LogP contribution in [-0.2, 0) is 15.1 Å². The number of carbonyl (C=O) groups excluding carboxylic acids is 1. The molecule has 0 spiro atoms. The van der Waals surface area contributed by atoms with Crippen LogP contribution in [0.25, 0.3) is 21.9 Å². The summed E-state index contributed by atoms with van der Waals surface area (Å²) in [6.45, 7) is 1.60. The lowest BCUT2D eigenvalue weighted by Gasteiger charge is -2.25. The molecule has 5 rings (SSSR count). The van der Waals surface area contributed by atoms with Crippen LogP contribution >= 0.6 is 0 Å². The summed E-state index contributed by atoms with van der Waals surface area (Å²) >= 11 is 0. The summed E-state index contributed by atoms with van der Waals surface area (Å²) in [7, 11) is 0. The molecule has 4 aromatic rings. The van der Waals surface area contributed by atoms with Gasteiger partial charge in [0.05, 0.1) is 0 Å². The number of benzene rings is 4. The van der Waals surface area contributed by atoms with Gasteiger partial charge in [0.15, 0.2) is 0 Å². The van der Waals surface area contributed by atoms with E-state index in [9.17, 15) is 4.79 Å². The second-order valence-corrected chi connectivity index (χ2v) is 7.43. The fourth-order valence-electron chi connectivity index (χ4n) is 4.28. The minimum absolute atomic E-state index is 0.182. The Hall–Kier alpha value is -4.03. The lowest BCUT2D eigenvalue weighted by atomic mass is 9.91. The quantitative estimate of drug-likeness (QED) is 0.324. The molecule has 0 unspecified atom stereocenters. The van der Waals surface area contributed by atoms with Gasteiger partial charge in [-0.05, 0) is 28.5 Å². The van der Waals surface area contributed by atoms with Gasteiger partial charge in [-0.15, -0.1) is 0 Å². The molecule has 0 saturated carbocycles. The third-order valence-corrected chi connectivity index (χ3v) is 5.51. The average molecular weight is 404 g/mol. The Labute approximate surface area is 181 Å². The number of hydrogen-bond donors (Lipinski definition) is 0. The van der Waals surface area contributed by atoms with E-state index in [-0.39, 0.29) is 12.6 Å². The SMILES string of the molecule is CC(=O)OC1(C#CCOc2cccc3ccccc23)c2ccccc2-c2ccccc21. The van der Waals surface area contributed by atoms with Crippen LogP contribution in [0.2, 0.25) is 0 Å². The molecule has 0 amide bonds. The molecule has 0 heterocycles. The highest BCUT2D eigenvalue weighted by Gasteiger charge is 2.45. The zero-order valence-corrected chi connectivity index (χ0v) is 17.1. The standard InChI is InChI=1S/C28H20O3/c1-20(29)31-28(25-15-6-4-13-23(25)24-14-5-7-16-26(24)28)18-9-19-30-27-17-8-11-21-10-2-3-12-22(21)27/h2-8,10-17H,19H2,1H3. The summed E-state index contributed by atoms with van der Waals surface area (Å²) in [4.78, 5) is 12.1. The first-order valence-corrected chi connectivity index (χ1v) is 10.2. The Morgan fingerprint density at radius 2 is 1.42 bits per heavy atom. The Morgan fingerprint density at radius 1 is 0.806 bits per heavy atom. The first-order chi connectivity index (χ1) is 15.2. The summed E-state index contributed by atoms with van der Waals surface area (Å²) < 4.78 is 11.9. The second kappa shape index (κ2) is 7.66. The number of esters is 1. The molecule has 0 saturated heterocycles. The minimum atomic E-state index is -1.14. The van der Waals surface area contributed by atoms with Gasteiger partial charge in [-0.2, -0.15) is 0 Å². The number of carbonyl (C=O) groups is 1. The Bertz CT molecular complexity index is 1310. The maximum atomic E-state index is 12.1. The van der Waals surface area contributed by atoms with Crippen LogP contribution in [0, 0.1) is 11.8 Å². The van der Waals surface area contributed by atoms with E-state index in [2.05, 4.69) is 24.0 Å². The van der Waals surface area contributed by atoms with Gasteiger partial charge in [0.25, 0.3) is 0 Å². The Kier molecular flexibility index (Phi) is 4.69. The van der Waals surface area contributed by atoms with Crippen molar-refractivity contribution in [2.24, 2.45) is 0 Å². The first-order valence-electron chi connectivity index (χ1n) is 10.2. The van der Waals surface area contributed by atoms with Crippen molar-refractivity contribution in [3.05, 3.63) is 102 Å². The monoisotopic (exact) mass is 404 g/mol. The van der Waals surface area contributed by atoms with Gasteiger partial charge in [-0.25, -0.2) is 0 Å². The van der Waals surface area contributed by atoms with Crippen molar-refractivity contribution in [3.63, 3.8) is 0 Å². The van der Waals surface area contributed by atoms with Crippen LogP contribution in [0.5, 0.6) is 5.75 Å². The smallest absolute Gasteiger partial charge is 0.304 e. The van der Waals surface area contributed by atoms with E-state index < -0.39 is 5.60 Å². The van der Waals surface area contributed by atoms with Gasteiger partial charge in [0.1, 0.15) is 12.4 Å². The second-order valence-electron chi connectivity index (χ2n) is 7.43. The highest BCUT2D eigenvalue weighted by molar-refractivity contribution is 5.88. The van der Waals surface area contributed by atoms with E-state index in [1.54, 1.807) is 0 Å². The molecule has 1 aliphatic rings. The van der Waals surface area contributed by atoms with Crippen molar-refractivity contribution in [1.82, 2.24) is 0 Å². The number of ether oxygens (including phenoxy) is 2. The van der Waals surface area contributed by atoms with Crippen molar-refractivity contribution in [3.8, 4) is 28.7 Å². The van der Waals surface area contributed by atoms with Gasteiger partial charge in [0.2, 0.25) is 5.60 Å². The summed E-state index contributed by atoms with van der Waals surface area (Å²) in [5.74, 6) is 6.76. The molecule has 0 N–H and O–H groups in total. The Morgan fingerprint density at radius 3 is 2.13 bits per heavy atom. The molecule has 0 atom stereocenters. The lowest BCUT2D eigenvalue weighted by Crippen LogP contribution is -2.29. The molecule has 4 aromatic carbocycles. The molecule has 0 radical (unpaired) electrons. The summed E-state index contributed by atoms with van der Waals surface area (Å²) in [5, 5.41) is 2.15. The molecule has 0 bridgehead atoms. The van der Waals surface area contributed by atoms with E-state index in [4.69, 9.17) is 9.47 Å². The summed E-state index contributed by atoms with van der Waals surface area (Å²) in [5.41, 5.74) is 2.68. The van der Waals surface area contributed by atoms with Crippen molar-refractivity contribution >= 4 is 16.7 Å². The van der Waals surface area contributed by atoms with Crippen LogP contribution in [0.15, 0.2) is 91.0 Å². The maximum absolute atomic E-state index is 12.1. The molecule has 0 aromatic heterocycles. The predicted molar refractivity (Wildman–Crippen MR) is 122 cm³/mol. The fraction of sp³-hybridized carbons (Fsp3) is 0.107. The topological polar surface area (TPSA) is 35.5 Å². The van der Waals surface area contributed by atoms with E-state index in [0.717, 1.165) is 38.8 Å². The van der Waals surface area contributed by atoms with Gasteiger partial charge in [0, 0.05) is 23.4 Å². The number of hydrogen-bond acceptors (Lipinski definition) is 3. The van der Waals surface area contributed by atoms with Gasteiger partial charge in [-0.1, -0.05) is 90.8 Å². The largest absolute Gasteiger partial charge is 0.480 e. The molecule has 1 aliphatic carbocycles. The molecule has 0 fully saturated rings. The molecule has 31 heavy (non-hydrogen) atoms. The zero-order chi connectivity index (χ0) is 21.3. The average Bonchev–Trinajstić information content (AvgIpc) is 3.07. The molecule has 150 valence electrons. The minimum Gasteiger partial charge on any atom is -0.480 e. The van der Waals surface area contributed by atoms with E-state index in [1.165, 1.54) is 6.92 Å². The molecular weight excluding hydrogens is 384 g/mol. The van der Waals surface area contributed by atoms with Crippen LogP contribution in [0.4, 0.5) is 0 Å². The number of rotatable bonds is 3. The molecule has 0 aliphatic heterocycles. The van der Waals surface area contributed by atoms with Crippen LogP contribution in [0.3, 0.4) is 0 Å². The van der Waals surface area contributed by atoms with E-state index in [0.29, 0.717) is 0 Å². The third kappa shape index (κ3) is 3.23.